The van der Waals surface area contributed by atoms with Gasteiger partial charge in [0, 0.05) is 0 Å². The fraction of sp³-hybridized carbons (Fsp3) is 0.625. The largest absolute Gasteiger partial charge is 0.330 e. The number of rotatable bonds is 7. The highest BCUT2D eigenvalue weighted by atomic mass is 14.5. The summed E-state index contributed by atoms with van der Waals surface area (Å²) in [7, 11) is 0. The van der Waals surface area contributed by atoms with Crippen LogP contribution in [-0.2, 0) is 19.3 Å². The van der Waals surface area contributed by atoms with E-state index in [2.05, 4.69) is 39.0 Å². The second-order valence-corrected chi connectivity index (χ2v) is 5.03. The van der Waals surface area contributed by atoms with Crippen molar-refractivity contribution in [3.8, 4) is 0 Å². The zero-order valence-electron chi connectivity index (χ0n) is 11.6. The first-order chi connectivity index (χ1) is 8.21. The molecule has 0 aromatic heterocycles. The second-order valence-electron chi connectivity index (χ2n) is 5.03. The number of hydrogen-bond donors (Lipinski definition) is 1. The van der Waals surface area contributed by atoms with Gasteiger partial charge in [-0.15, -0.1) is 0 Å². The molecule has 0 fully saturated rings. The van der Waals surface area contributed by atoms with Crippen molar-refractivity contribution >= 4 is 0 Å². The van der Waals surface area contributed by atoms with E-state index >= 15 is 0 Å². The summed E-state index contributed by atoms with van der Waals surface area (Å²) in [6, 6.07) is 6.97. The maximum atomic E-state index is 5.60. The lowest BCUT2D eigenvalue weighted by Gasteiger charge is -2.13. The molecule has 1 aromatic carbocycles. The van der Waals surface area contributed by atoms with Gasteiger partial charge in [-0.2, -0.15) is 0 Å². The Hall–Kier alpha value is -0.820. The molecule has 1 nitrogen and oxygen atoms in total. The number of hydrogen-bond acceptors (Lipinski definition) is 1. The first kappa shape index (κ1) is 14.2. The van der Waals surface area contributed by atoms with Crippen molar-refractivity contribution < 1.29 is 0 Å². The summed E-state index contributed by atoms with van der Waals surface area (Å²) in [4.78, 5) is 0. The lowest BCUT2D eigenvalue weighted by Crippen LogP contribution is -2.07. The van der Waals surface area contributed by atoms with Gasteiger partial charge < -0.3 is 5.73 Å². The minimum Gasteiger partial charge on any atom is -0.330 e. The van der Waals surface area contributed by atoms with Crippen LogP contribution in [0.3, 0.4) is 0 Å². The van der Waals surface area contributed by atoms with Crippen LogP contribution in [0.1, 0.15) is 50.3 Å². The van der Waals surface area contributed by atoms with Crippen molar-refractivity contribution in [2.75, 3.05) is 6.54 Å². The molecule has 0 bridgehead atoms. The van der Waals surface area contributed by atoms with E-state index in [0.717, 1.165) is 31.7 Å². The Morgan fingerprint density at radius 2 is 1.82 bits per heavy atom. The van der Waals surface area contributed by atoms with E-state index in [0.29, 0.717) is 0 Å². The zero-order valence-corrected chi connectivity index (χ0v) is 11.6. The summed E-state index contributed by atoms with van der Waals surface area (Å²) in [6.07, 6.45) is 5.89. The van der Waals surface area contributed by atoms with E-state index in [4.69, 9.17) is 5.73 Å². The molecule has 0 aliphatic carbocycles. The van der Waals surface area contributed by atoms with Gasteiger partial charge in [0.25, 0.3) is 0 Å². The topological polar surface area (TPSA) is 26.0 Å². The monoisotopic (exact) mass is 233 g/mol. The molecule has 0 radical (unpaired) electrons. The molecule has 2 N–H and O–H groups in total. The summed E-state index contributed by atoms with van der Waals surface area (Å²) in [6.45, 7) is 7.59. The van der Waals surface area contributed by atoms with E-state index in [9.17, 15) is 0 Å². The van der Waals surface area contributed by atoms with Gasteiger partial charge >= 0.3 is 0 Å². The second kappa shape index (κ2) is 7.50. The predicted octanol–water partition coefficient (Wildman–Crippen LogP) is 3.73. The first-order valence-electron chi connectivity index (χ1n) is 7.02. The van der Waals surface area contributed by atoms with E-state index in [1.807, 2.05) is 0 Å². The predicted molar refractivity (Wildman–Crippen MR) is 76.4 cm³/mol. The molecule has 1 atom stereocenters. The molecule has 0 spiro atoms. The molecule has 1 rings (SSSR count). The minimum atomic E-state index is 0.745. The maximum Gasteiger partial charge on any atom is -0.00747 e. The van der Waals surface area contributed by atoms with Gasteiger partial charge in [-0.25, -0.2) is 0 Å². The van der Waals surface area contributed by atoms with Crippen molar-refractivity contribution in [2.45, 2.75) is 52.9 Å². The van der Waals surface area contributed by atoms with Crippen LogP contribution >= 0.6 is 0 Å². The lowest BCUT2D eigenvalue weighted by atomic mass is 9.93. The first-order valence-corrected chi connectivity index (χ1v) is 7.02. The molecule has 0 heterocycles. The highest BCUT2D eigenvalue weighted by Crippen LogP contribution is 2.18. The maximum absolute atomic E-state index is 5.60. The number of benzene rings is 1. The van der Waals surface area contributed by atoms with Crippen LogP contribution < -0.4 is 5.73 Å². The average molecular weight is 233 g/mol. The van der Waals surface area contributed by atoms with Gasteiger partial charge in [-0.05, 0) is 61.3 Å². The Kier molecular flexibility index (Phi) is 6.28. The molecule has 0 aliphatic heterocycles. The average Bonchev–Trinajstić information content (AvgIpc) is 2.36. The van der Waals surface area contributed by atoms with Crippen molar-refractivity contribution in [1.82, 2.24) is 0 Å². The Morgan fingerprint density at radius 1 is 1.06 bits per heavy atom. The summed E-state index contributed by atoms with van der Waals surface area (Å²) in [5, 5.41) is 0. The standard InChI is InChI=1S/C16H27N/c1-4-14-7-9-15(5-2)16(12-14)8-6-13(3)10-11-17/h7,9,12-13H,4-6,8,10-11,17H2,1-3H3. The van der Waals surface area contributed by atoms with Crippen LogP contribution in [0.4, 0.5) is 0 Å². The number of nitrogens with two attached hydrogens (primary N) is 1. The summed E-state index contributed by atoms with van der Waals surface area (Å²) >= 11 is 0. The van der Waals surface area contributed by atoms with Crippen LogP contribution in [0, 0.1) is 5.92 Å². The normalized spacial score (nSPS) is 12.7. The Balaban J connectivity index is 2.67. The van der Waals surface area contributed by atoms with Gasteiger partial charge in [-0.3, -0.25) is 0 Å². The Morgan fingerprint density at radius 3 is 2.41 bits per heavy atom. The van der Waals surface area contributed by atoms with Crippen LogP contribution in [0.2, 0.25) is 0 Å². The van der Waals surface area contributed by atoms with Crippen molar-refractivity contribution in [2.24, 2.45) is 11.7 Å². The lowest BCUT2D eigenvalue weighted by molar-refractivity contribution is 0.499. The van der Waals surface area contributed by atoms with Crippen LogP contribution in [-0.4, -0.2) is 6.54 Å². The molecule has 0 saturated carbocycles. The fourth-order valence-electron chi connectivity index (χ4n) is 2.31. The van der Waals surface area contributed by atoms with Crippen molar-refractivity contribution in [1.29, 1.82) is 0 Å². The van der Waals surface area contributed by atoms with E-state index < -0.39 is 0 Å². The van der Waals surface area contributed by atoms with Crippen LogP contribution in [0.15, 0.2) is 18.2 Å². The SMILES string of the molecule is CCc1ccc(CC)c(CCC(C)CCN)c1. The van der Waals surface area contributed by atoms with Gasteiger partial charge in [0.15, 0.2) is 0 Å². The van der Waals surface area contributed by atoms with Crippen LogP contribution in [0.5, 0.6) is 0 Å². The molecular weight excluding hydrogens is 206 g/mol. The van der Waals surface area contributed by atoms with E-state index in [1.165, 1.54) is 24.0 Å². The summed E-state index contributed by atoms with van der Waals surface area (Å²) in [5.74, 6) is 0.745. The highest BCUT2D eigenvalue weighted by Gasteiger charge is 2.05. The van der Waals surface area contributed by atoms with Crippen LogP contribution in [0.25, 0.3) is 0 Å². The fourth-order valence-corrected chi connectivity index (χ4v) is 2.31. The van der Waals surface area contributed by atoms with E-state index in [1.54, 1.807) is 5.56 Å². The molecule has 0 saturated heterocycles. The Labute approximate surface area is 106 Å². The Bertz CT molecular complexity index is 330. The summed E-state index contributed by atoms with van der Waals surface area (Å²) < 4.78 is 0. The molecule has 0 amide bonds. The highest BCUT2D eigenvalue weighted by molar-refractivity contribution is 5.32. The number of aryl methyl sites for hydroxylation is 3. The minimum absolute atomic E-state index is 0.745. The summed E-state index contributed by atoms with van der Waals surface area (Å²) in [5.41, 5.74) is 10.1. The van der Waals surface area contributed by atoms with Gasteiger partial charge in [0.1, 0.15) is 0 Å². The third-order valence-electron chi connectivity index (χ3n) is 3.63. The zero-order chi connectivity index (χ0) is 12.7. The smallest absolute Gasteiger partial charge is 0.00747 e. The van der Waals surface area contributed by atoms with Gasteiger partial charge in [-0.1, -0.05) is 39.0 Å². The van der Waals surface area contributed by atoms with Gasteiger partial charge in [0.05, 0.1) is 0 Å². The molecule has 17 heavy (non-hydrogen) atoms. The quantitative estimate of drug-likeness (QED) is 0.763. The molecule has 1 unspecified atom stereocenters. The molecule has 96 valence electrons. The molecule has 1 heteroatoms. The molecule has 1 aromatic rings. The molecule has 0 aliphatic rings. The van der Waals surface area contributed by atoms with E-state index in [-0.39, 0.29) is 0 Å². The van der Waals surface area contributed by atoms with Crippen molar-refractivity contribution in [3.05, 3.63) is 34.9 Å². The third kappa shape index (κ3) is 4.51. The molecular formula is C16H27N. The third-order valence-corrected chi connectivity index (χ3v) is 3.63. The van der Waals surface area contributed by atoms with Crippen molar-refractivity contribution in [3.63, 3.8) is 0 Å². The van der Waals surface area contributed by atoms with Gasteiger partial charge in [0.2, 0.25) is 0 Å².